The second-order valence-corrected chi connectivity index (χ2v) is 8.95. The molecule has 3 heterocycles. The molecule has 8 heteroatoms. The van der Waals surface area contributed by atoms with E-state index in [2.05, 4.69) is 4.98 Å². The molecule has 0 unspecified atom stereocenters. The zero-order valence-corrected chi connectivity index (χ0v) is 16.5. The number of halogens is 2. The zero-order chi connectivity index (χ0) is 20.2. The fraction of sp³-hybridized carbons (Fsp3) is 0.476. The molecule has 2 aromatic rings. The number of hydrogen-bond acceptors (Lipinski definition) is 5. The number of carbonyl (C=O) groups excluding carboxylic acids is 2. The van der Waals surface area contributed by atoms with Crippen LogP contribution in [0.2, 0.25) is 0 Å². The maximum Gasteiger partial charge on any atom is 0.257 e. The van der Waals surface area contributed by atoms with Crippen LogP contribution in [0, 0.1) is 17.6 Å². The molecule has 152 valence electrons. The highest BCUT2D eigenvalue weighted by molar-refractivity contribution is 7.11. The Morgan fingerprint density at radius 3 is 2.52 bits per heavy atom. The quantitative estimate of drug-likeness (QED) is 0.699. The molecule has 0 N–H and O–H groups in total. The van der Waals surface area contributed by atoms with Crippen LogP contribution in [0.15, 0.2) is 29.8 Å². The summed E-state index contributed by atoms with van der Waals surface area (Å²) in [6, 6.07) is 3.03. The first-order valence-corrected chi connectivity index (χ1v) is 10.8. The normalized spacial score (nSPS) is 31.4. The van der Waals surface area contributed by atoms with Gasteiger partial charge in [-0.25, -0.2) is 13.8 Å². The molecule has 1 aliphatic carbocycles. The molecule has 1 spiro atoms. The standard InChI is InChI=1S/C21H20F2N2O3S/c22-14-9-13(10-15(23)11-14)16-1-2-17-25(16)20(27)21(28-17)5-3-12(4-6-21)18(26)19-24-7-8-29-19/h7-12,16-17H,1-6H2/t12?,16-,17+,21?/m0/s1. The van der Waals surface area contributed by atoms with E-state index in [4.69, 9.17) is 4.74 Å². The van der Waals surface area contributed by atoms with E-state index < -0.39 is 17.2 Å². The van der Waals surface area contributed by atoms with Gasteiger partial charge in [0.05, 0.1) is 6.04 Å². The van der Waals surface area contributed by atoms with Gasteiger partial charge in [-0.05, 0) is 56.2 Å². The third kappa shape index (κ3) is 3.09. The van der Waals surface area contributed by atoms with Gasteiger partial charge >= 0.3 is 0 Å². The van der Waals surface area contributed by atoms with Crippen molar-refractivity contribution in [3.05, 3.63) is 52.0 Å². The van der Waals surface area contributed by atoms with Gasteiger partial charge in [0.25, 0.3) is 5.91 Å². The number of carbonyl (C=O) groups is 2. The first-order chi connectivity index (χ1) is 14.0. The molecule has 29 heavy (non-hydrogen) atoms. The highest BCUT2D eigenvalue weighted by atomic mass is 32.1. The molecule has 0 bridgehead atoms. The molecular formula is C21H20F2N2O3S. The third-order valence-corrected chi connectivity index (χ3v) is 7.18. The van der Waals surface area contributed by atoms with Crippen LogP contribution < -0.4 is 0 Å². The van der Waals surface area contributed by atoms with E-state index in [0.29, 0.717) is 49.1 Å². The SMILES string of the molecule is O=C(c1nccs1)C1CCC2(CC1)O[C@@H]1CC[C@@H](c3cc(F)cc(F)c3)N1C2=O. The van der Waals surface area contributed by atoms with Crippen molar-refractivity contribution in [2.24, 2.45) is 5.92 Å². The largest absolute Gasteiger partial charge is 0.342 e. The Bertz CT molecular complexity index is 937. The van der Waals surface area contributed by atoms with Crippen LogP contribution in [-0.4, -0.2) is 33.4 Å². The van der Waals surface area contributed by atoms with Gasteiger partial charge < -0.3 is 9.64 Å². The van der Waals surface area contributed by atoms with Crippen LogP contribution >= 0.6 is 11.3 Å². The van der Waals surface area contributed by atoms with Crippen molar-refractivity contribution in [3.63, 3.8) is 0 Å². The number of hydrogen-bond donors (Lipinski definition) is 0. The summed E-state index contributed by atoms with van der Waals surface area (Å²) in [6.07, 6.45) is 4.60. The number of benzene rings is 1. The van der Waals surface area contributed by atoms with Crippen LogP contribution in [0.4, 0.5) is 8.78 Å². The lowest BCUT2D eigenvalue weighted by Crippen LogP contribution is -2.45. The topological polar surface area (TPSA) is 59.5 Å². The number of aromatic nitrogens is 1. The summed E-state index contributed by atoms with van der Waals surface area (Å²) in [4.78, 5) is 31.7. The monoisotopic (exact) mass is 418 g/mol. The Morgan fingerprint density at radius 1 is 1.14 bits per heavy atom. The predicted molar refractivity (Wildman–Crippen MR) is 101 cm³/mol. The van der Waals surface area contributed by atoms with Crippen LogP contribution in [0.25, 0.3) is 0 Å². The Balaban J connectivity index is 1.33. The molecule has 2 atom stereocenters. The van der Waals surface area contributed by atoms with Crippen LogP contribution in [-0.2, 0) is 9.53 Å². The molecule has 3 aliphatic rings. The summed E-state index contributed by atoms with van der Waals surface area (Å²) in [7, 11) is 0. The Hall–Kier alpha value is -2.19. The maximum atomic E-state index is 13.7. The Kier molecular flexibility index (Phi) is 4.51. The number of nitrogens with zero attached hydrogens (tertiary/aromatic N) is 2. The summed E-state index contributed by atoms with van der Waals surface area (Å²) >= 11 is 1.33. The molecule has 1 saturated carbocycles. The van der Waals surface area contributed by atoms with Gasteiger partial charge in [-0.1, -0.05) is 0 Å². The maximum absolute atomic E-state index is 13.7. The fourth-order valence-electron chi connectivity index (χ4n) is 5.01. The van der Waals surface area contributed by atoms with Crippen molar-refractivity contribution in [3.8, 4) is 0 Å². The van der Waals surface area contributed by atoms with Crippen molar-refractivity contribution in [1.82, 2.24) is 9.88 Å². The zero-order valence-electron chi connectivity index (χ0n) is 15.6. The second kappa shape index (κ2) is 6.95. The fourth-order valence-corrected chi connectivity index (χ4v) is 5.66. The lowest BCUT2D eigenvalue weighted by atomic mass is 9.76. The summed E-state index contributed by atoms with van der Waals surface area (Å²) in [5.74, 6) is -1.52. The van der Waals surface area contributed by atoms with Gasteiger partial charge in [0, 0.05) is 23.6 Å². The molecule has 3 fully saturated rings. The minimum Gasteiger partial charge on any atom is -0.342 e. The molecule has 1 aromatic carbocycles. The Morgan fingerprint density at radius 2 is 1.86 bits per heavy atom. The number of amides is 1. The van der Waals surface area contributed by atoms with Crippen molar-refractivity contribution in [1.29, 1.82) is 0 Å². The van der Waals surface area contributed by atoms with Crippen molar-refractivity contribution < 1.29 is 23.1 Å². The molecule has 5 rings (SSSR count). The smallest absolute Gasteiger partial charge is 0.257 e. The van der Waals surface area contributed by atoms with E-state index in [0.717, 1.165) is 6.07 Å². The van der Waals surface area contributed by atoms with Gasteiger partial charge in [-0.3, -0.25) is 9.59 Å². The van der Waals surface area contributed by atoms with Gasteiger partial charge in [0.2, 0.25) is 0 Å². The minimum atomic E-state index is -0.922. The van der Waals surface area contributed by atoms with Crippen LogP contribution in [0.1, 0.15) is 59.9 Å². The molecule has 1 aromatic heterocycles. The minimum absolute atomic E-state index is 0.0360. The average Bonchev–Trinajstić information content (AvgIpc) is 3.41. The van der Waals surface area contributed by atoms with Gasteiger partial charge in [-0.15, -0.1) is 11.3 Å². The molecule has 1 amide bonds. The molecular weight excluding hydrogens is 398 g/mol. The van der Waals surface area contributed by atoms with Gasteiger partial charge in [0.15, 0.2) is 10.8 Å². The molecule has 0 radical (unpaired) electrons. The Labute approximate surface area is 170 Å². The summed E-state index contributed by atoms with van der Waals surface area (Å²) in [5, 5.41) is 2.30. The van der Waals surface area contributed by atoms with Crippen LogP contribution in [0.3, 0.4) is 0 Å². The first-order valence-electron chi connectivity index (χ1n) is 9.87. The van der Waals surface area contributed by atoms with Crippen molar-refractivity contribution in [2.45, 2.75) is 56.4 Å². The van der Waals surface area contributed by atoms with E-state index in [-0.39, 0.29) is 29.9 Å². The second-order valence-electron chi connectivity index (χ2n) is 8.05. The van der Waals surface area contributed by atoms with E-state index in [1.165, 1.54) is 23.5 Å². The lowest BCUT2D eigenvalue weighted by molar-refractivity contribution is -0.142. The highest BCUT2D eigenvalue weighted by Gasteiger charge is 2.58. The molecule has 2 saturated heterocycles. The number of ketones is 1. The highest BCUT2D eigenvalue weighted by Crippen LogP contribution is 2.50. The summed E-state index contributed by atoms with van der Waals surface area (Å²) < 4.78 is 33.6. The van der Waals surface area contributed by atoms with Crippen molar-refractivity contribution >= 4 is 23.0 Å². The number of Topliss-reactive ketones (excluding diaryl/α,β-unsaturated/α-hetero) is 1. The van der Waals surface area contributed by atoms with Crippen molar-refractivity contribution in [2.75, 3.05) is 0 Å². The first kappa shape index (κ1) is 18.8. The van der Waals surface area contributed by atoms with Gasteiger partial charge in [-0.2, -0.15) is 0 Å². The number of rotatable bonds is 3. The van der Waals surface area contributed by atoms with E-state index in [9.17, 15) is 18.4 Å². The van der Waals surface area contributed by atoms with E-state index in [1.54, 1.807) is 16.5 Å². The van der Waals surface area contributed by atoms with E-state index >= 15 is 0 Å². The van der Waals surface area contributed by atoms with Crippen LogP contribution in [0.5, 0.6) is 0 Å². The number of fused-ring (bicyclic) bond motifs is 1. The predicted octanol–water partition coefficient (Wildman–Crippen LogP) is 4.25. The summed E-state index contributed by atoms with van der Waals surface area (Å²) in [6.45, 7) is 0. The van der Waals surface area contributed by atoms with E-state index in [1.807, 2.05) is 0 Å². The summed E-state index contributed by atoms with van der Waals surface area (Å²) in [5.41, 5.74) is -0.457. The number of thiazole rings is 1. The molecule has 2 aliphatic heterocycles. The average molecular weight is 418 g/mol. The van der Waals surface area contributed by atoms with Gasteiger partial charge in [0.1, 0.15) is 23.5 Å². The lowest BCUT2D eigenvalue weighted by Gasteiger charge is -2.34. The number of ether oxygens (including phenoxy) is 1. The third-order valence-electron chi connectivity index (χ3n) is 6.40. The molecule has 5 nitrogen and oxygen atoms in total.